The van der Waals surface area contributed by atoms with Crippen molar-refractivity contribution in [3.63, 3.8) is 0 Å². The molecule has 0 aliphatic carbocycles. The van der Waals surface area contributed by atoms with E-state index in [9.17, 15) is 0 Å². The maximum Gasteiger partial charge on any atom is 0.0858 e. The van der Waals surface area contributed by atoms with Crippen molar-refractivity contribution in [3.8, 4) is 10.4 Å². The summed E-state index contributed by atoms with van der Waals surface area (Å²) in [6.07, 6.45) is 0. The first-order valence-corrected chi connectivity index (χ1v) is 7.49. The Labute approximate surface area is 118 Å². The molecule has 0 aliphatic heterocycles. The van der Waals surface area contributed by atoms with Gasteiger partial charge in [-0.15, -0.1) is 11.3 Å². The number of benzene rings is 1. The van der Waals surface area contributed by atoms with E-state index in [-0.39, 0.29) is 0 Å². The van der Waals surface area contributed by atoms with E-state index in [0.717, 1.165) is 12.7 Å². The van der Waals surface area contributed by atoms with Crippen molar-refractivity contribution in [1.29, 1.82) is 0 Å². The van der Waals surface area contributed by atoms with Gasteiger partial charge in [0.1, 0.15) is 0 Å². The molecule has 2 aromatic rings. The van der Waals surface area contributed by atoms with Gasteiger partial charge in [0.15, 0.2) is 0 Å². The Balaban J connectivity index is 2.59. The van der Waals surface area contributed by atoms with Crippen LogP contribution in [-0.4, -0.2) is 0 Å². The standard InChI is InChI=1S/C11H7Br3S/c1-6-3-2-4-7(5-6)10-8(12)9(13)11(14)15-10/h2-5H,1H3. The van der Waals surface area contributed by atoms with Gasteiger partial charge in [-0.1, -0.05) is 29.8 Å². The molecule has 78 valence electrons. The number of thiophene rings is 1. The van der Waals surface area contributed by atoms with Crippen LogP contribution in [0.15, 0.2) is 37.0 Å². The molecule has 0 fully saturated rings. The van der Waals surface area contributed by atoms with Gasteiger partial charge in [-0.25, -0.2) is 0 Å². The number of hydrogen-bond acceptors (Lipinski definition) is 1. The van der Waals surface area contributed by atoms with Gasteiger partial charge in [0.05, 0.1) is 17.6 Å². The zero-order valence-electron chi connectivity index (χ0n) is 7.85. The van der Waals surface area contributed by atoms with Crippen LogP contribution in [0, 0.1) is 6.92 Å². The zero-order chi connectivity index (χ0) is 11.0. The fourth-order valence-electron chi connectivity index (χ4n) is 1.34. The summed E-state index contributed by atoms with van der Waals surface area (Å²) in [5.41, 5.74) is 2.53. The summed E-state index contributed by atoms with van der Waals surface area (Å²) in [5.74, 6) is 0. The van der Waals surface area contributed by atoms with Crippen LogP contribution in [0.3, 0.4) is 0 Å². The van der Waals surface area contributed by atoms with Crippen molar-refractivity contribution in [2.24, 2.45) is 0 Å². The minimum absolute atomic E-state index is 1.09. The fraction of sp³-hybridized carbons (Fsp3) is 0.0909. The maximum absolute atomic E-state index is 3.60. The first-order chi connectivity index (χ1) is 7.09. The van der Waals surface area contributed by atoms with E-state index in [0.29, 0.717) is 0 Å². The summed E-state index contributed by atoms with van der Waals surface area (Å²) < 4.78 is 3.32. The SMILES string of the molecule is Cc1cccc(-c2sc(Br)c(Br)c2Br)c1. The van der Waals surface area contributed by atoms with Gasteiger partial charge in [0, 0.05) is 0 Å². The van der Waals surface area contributed by atoms with Gasteiger partial charge < -0.3 is 0 Å². The van der Waals surface area contributed by atoms with Crippen LogP contribution in [-0.2, 0) is 0 Å². The van der Waals surface area contributed by atoms with Crippen LogP contribution < -0.4 is 0 Å². The van der Waals surface area contributed by atoms with Gasteiger partial charge in [0.25, 0.3) is 0 Å². The Morgan fingerprint density at radius 2 is 1.80 bits per heavy atom. The minimum Gasteiger partial charge on any atom is -0.126 e. The van der Waals surface area contributed by atoms with Crippen LogP contribution in [0.1, 0.15) is 5.56 Å². The summed E-state index contributed by atoms with van der Waals surface area (Å²) in [6.45, 7) is 2.11. The average Bonchev–Trinajstić information content (AvgIpc) is 2.46. The largest absolute Gasteiger partial charge is 0.126 e. The van der Waals surface area contributed by atoms with Crippen molar-refractivity contribution in [3.05, 3.63) is 42.6 Å². The summed E-state index contributed by atoms with van der Waals surface area (Å²) >= 11 is 12.4. The number of hydrogen-bond donors (Lipinski definition) is 0. The van der Waals surface area contributed by atoms with Crippen LogP contribution in [0.25, 0.3) is 10.4 Å². The normalized spacial score (nSPS) is 10.7. The van der Waals surface area contributed by atoms with Crippen LogP contribution in [0.5, 0.6) is 0 Å². The van der Waals surface area contributed by atoms with Gasteiger partial charge in [0.2, 0.25) is 0 Å². The molecular formula is C11H7Br3S. The fourth-order valence-corrected chi connectivity index (χ4v) is 4.47. The van der Waals surface area contributed by atoms with E-state index in [1.54, 1.807) is 11.3 Å². The quantitative estimate of drug-likeness (QED) is 0.540. The first-order valence-electron chi connectivity index (χ1n) is 4.30. The third kappa shape index (κ3) is 2.38. The lowest BCUT2D eigenvalue weighted by Crippen LogP contribution is -1.75. The molecule has 0 nitrogen and oxygen atoms in total. The molecule has 1 heterocycles. The molecule has 0 saturated heterocycles. The summed E-state index contributed by atoms with van der Waals surface area (Å²) in [7, 11) is 0. The molecule has 0 amide bonds. The van der Waals surface area contributed by atoms with Crippen molar-refractivity contribution >= 4 is 59.1 Å². The Morgan fingerprint density at radius 1 is 1.07 bits per heavy atom. The van der Waals surface area contributed by atoms with E-state index in [2.05, 4.69) is 79.0 Å². The molecule has 0 bridgehead atoms. The zero-order valence-corrected chi connectivity index (χ0v) is 13.4. The predicted molar refractivity (Wildman–Crippen MR) is 77.6 cm³/mol. The van der Waals surface area contributed by atoms with Crippen LogP contribution >= 0.6 is 59.1 Å². The highest BCUT2D eigenvalue weighted by Gasteiger charge is 2.13. The number of aryl methyl sites for hydroxylation is 1. The Morgan fingerprint density at radius 3 is 2.33 bits per heavy atom. The third-order valence-corrected chi connectivity index (χ3v) is 7.12. The lowest BCUT2D eigenvalue weighted by Gasteiger charge is -2.00. The van der Waals surface area contributed by atoms with Gasteiger partial charge in [-0.05, 0) is 60.3 Å². The molecule has 2 rings (SSSR count). The van der Waals surface area contributed by atoms with E-state index in [1.807, 2.05) is 0 Å². The first kappa shape index (κ1) is 11.8. The molecule has 0 unspecified atom stereocenters. The molecule has 0 spiro atoms. The van der Waals surface area contributed by atoms with E-state index in [1.165, 1.54) is 16.0 Å². The molecule has 15 heavy (non-hydrogen) atoms. The molecular weight excluding hydrogens is 404 g/mol. The second-order valence-electron chi connectivity index (χ2n) is 3.20. The summed E-state index contributed by atoms with van der Waals surface area (Å²) in [4.78, 5) is 1.25. The monoisotopic (exact) mass is 408 g/mol. The van der Waals surface area contributed by atoms with Gasteiger partial charge in [-0.2, -0.15) is 0 Å². The van der Waals surface area contributed by atoms with Crippen LogP contribution in [0.2, 0.25) is 0 Å². The number of rotatable bonds is 1. The highest BCUT2D eigenvalue weighted by molar-refractivity contribution is 9.14. The molecule has 0 radical (unpaired) electrons. The molecule has 0 atom stereocenters. The molecule has 0 saturated carbocycles. The molecule has 0 N–H and O–H groups in total. The number of halogens is 3. The lowest BCUT2D eigenvalue weighted by molar-refractivity contribution is 1.47. The molecule has 4 heteroatoms. The Bertz CT molecular complexity index is 503. The van der Waals surface area contributed by atoms with E-state index in [4.69, 9.17) is 0 Å². The topological polar surface area (TPSA) is 0 Å². The molecule has 0 aliphatic rings. The lowest BCUT2D eigenvalue weighted by atomic mass is 10.1. The average molecular weight is 411 g/mol. The minimum atomic E-state index is 1.09. The summed E-state index contributed by atoms with van der Waals surface area (Å²) in [5, 5.41) is 0. The van der Waals surface area contributed by atoms with Crippen molar-refractivity contribution in [2.45, 2.75) is 6.92 Å². The smallest absolute Gasteiger partial charge is 0.0858 e. The van der Waals surface area contributed by atoms with Crippen molar-refractivity contribution < 1.29 is 0 Å². The second kappa shape index (κ2) is 4.70. The molecule has 1 aromatic heterocycles. The Kier molecular flexibility index (Phi) is 3.71. The van der Waals surface area contributed by atoms with Crippen LogP contribution in [0.4, 0.5) is 0 Å². The van der Waals surface area contributed by atoms with E-state index < -0.39 is 0 Å². The summed E-state index contributed by atoms with van der Waals surface area (Å²) in [6, 6.07) is 8.51. The van der Waals surface area contributed by atoms with Crippen molar-refractivity contribution in [1.82, 2.24) is 0 Å². The Hall–Kier alpha value is 0.360. The maximum atomic E-state index is 3.60. The predicted octanol–water partition coefficient (Wildman–Crippen LogP) is 6.01. The van der Waals surface area contributed by atoms with Gasteiger partial charge in [-0.3, -0.25) is 0 Å². The molecule has 1 aromatic carbocycles. The van der Waals surface area contributed by atoms with E-state index >= 15 is 0 Å². The van der Waals surface area contributed by atoms with Crippen molar-refractivity contribution in [2.75, 3.05) is 0 Å². The highest BCUT2D eigenvalue weighted by Crippen LogP contribution is 2.46. The van der Waals surface area contributed by atoms with Gasteiger partial charge >= 0.3 is 0 Å². The third-order valence-electron chi connectivity index (χ3n) is 2.04. The highest BCUT2D eigenvalue weighted by atomic mass is 79.9. The second-order valence-corrected chi connectivity index (χ2v) is 7.13.